The molecule has 1 aliphatic rings. The Labute approximate surface area is 88.2 Å². The van der Waals surface area contributed by atoms with Gasteiger partial charge in [-0.15, -0.1) is 0 Å². The van der Waals surface area contributed by atoms with Gasteiger partial charge in [0.2, 0.25) is 0 Å². The highest BCUT2D eigenvalue weighted by Gasteiger charge is 2.47. The first-order chi connectivity index (χ1) is 6.54. The Balaban J connectivity index is 2.58. The van der Waals surface area contributed by atoms with Crippen LogP contribution in [0.2, 0.25) is 0 Å². The SMILES string of the molecule is CC/C=C(\C)[C@H]1C[C@@H](CCO)C1(C)C. The van der Waals surface area contributed by atoms with Crippen molar-refractivity contribution in [2.24, 2.45) is 17.3 Å². The standard InChI is InChI=1S/C13H24O/c1-5-6-10(2)12-9-11(7-8-14)13(12,3)4/h6,11-12,14H,5,7-9H2,1-4H3/b10-6+/t11-,12-/m1/s1. The predicted molar refractivity (Wildman–Crippen MR) is 61.1 cm³/mol. The average molecular weight is 196 g/mol. The molecule has 0 aromatic rings. The molecule has 0 aromatic carbocycles. The zero-order valence-electron chi connectivity index (χ0n) is 10.0. The van der Waals surface area contributed by atoms with Crippen LogP contribution in [0.3, 0.4) is 0 Å². The van der Waals surface area contributed by atoms with Crippen LogP contribution in [0.4, 0.5) is 0 Å². The predicted octanol–water partition coefficient (Wildman–Crippen LogP) is 3.39. The summed E-state index contributed by atoms with van der Waals surface area (Å²) in [5.41, 5.74) is 1.95. The van der Waals surface area contributed by atoms with E-state index in [-0.39, 0.29) is 0 Å². The van der Waals surface area contributed by atoms with Crippen molar-refractivity contribution in [2.75, 3.05) is 6.61 Å². The summed E-state index contributed by atoms with van der Waals surface area (Å²) in [4.78, 5) is 0. The van der Waals surface area contributed by atoms with E-state index in [1.54, 1.807) is 5.57 Å². The molecule has 1 rings (SSSR count). The van der Waals surface area contributed by atoms with Crippen molar-refractivity contribution < 1.29 is 5.11 Å². The molecule has 1 heteroatoms. The third-order valence-electron chi connectivity index (χ3n) is 4.02. The van der Waals surface area contributed by atoms with Crippen LogP contribution in [0.15, 0.2) is 11.6 Å². The van der Waals surface area contributed by atoms with Gasteiger partial charge in [0.15, 0.2) is 0 Å². The average Bonchev–Trinajstić information content (AvgIpc) is 2.11. The summed E-state index contributed by atoms with van der Waals surface area (Å²) >= 11 is 0. The third-order valence-corrected chi connectivity index (χ3v) is 4.02. The van der Waals surface area contributed by atoms with Crippen LogP contribution in [0.5, 0.6) is 0 Å². The van der Waals surface area contributed by atoms with Gasteiger partial charge in [-0.05, 0) is 43.4 Å². The first kappa shape index (κ1) is 11.8. The summed E-state index contributed by atoms with van der Waals surface area (Å²) in [5.74, 6) is 1.47. The minimum Gasteiger partial charge on any atom is -0.396 e. The highest BCUT2D eigenvalue weighted by molar-refractivity contribution is 5.14. The topological polar surface area (TPSA) is 20.2 Å². The van der Waals surface area contributed by atoms with Crippen LogP contribution in [0.25, 0.3) is 0 Å². The number of allylic oxidation sites excluding steroid dienone is 2. The fourth-order valence-electron chi connectivity index (χ4n) is 2.90. The molecule has 0 spiro atoms. The lowest BCUT2D eigenvalue weighted by atomic mass is 9.52. The normalized spacial score (nSPS) is 31.4. The zero-order valence-corrected chi connectivity index (χ0v) is 10.0. The Bertz CT molecular complexity index is 215. The number of aliphatic hydroxyl groups excluding tert-OH is 1. The number of rotatable bonds is 4. The summed E-state index contributed by atoms with van der Waals surface area (Å²) in [6.45, 7) is 9.48. The first-order valence-electron chi connectivity index (χ1n) is 5.81. The van der Waals surface area contributed by atoms with Crippen molar-refractivity contribution in [3.63, 3.8) is 0 Å². The Hall–Kier alpha value is -0.300. The number of aliphatic hydroxyl groups is 1. The Kier molecular flexibility index (Phi) is 3.77. The monoisotopic (exact) mass is 196 g/mol. The van der Waals surface area contributed by atoms with Gasteiger partial charge in [0.1, 0.15) is 0 Å². The zero-order chi connectivity index (χ0) is 10.8. The largest absolute Gasteiger partial charge is 0.396 e. The third kappa shape index (κ3) is 2.03. The van der Waals surface area contributed by atoms with Gasteiger partial charge in [0, 0.05) is 6.61 Å². The van der Waals surface area contributed by atoms with E-state index in [1.807, 2.05) is 0 Å². The second-order valence-electron chi connectivity index (χ2n) is 5.18. The molecule has 0 bridgehead atoms. The maximum Gasteiger partial charge on any atom is 0.0433 e. The van der Waals surface area contributed by atoms with Crippen molar-refractivity contribution in [3.8, 4) is 0 Å². The van der Waals surface area contributed by atoms with Gasteiger partial charge in [0.25, 0.3) is 0 Å². The van der Waals surface area contributed by atoms with E-state index >= 15 is 0 Å². The van der Waals surface area contributed by atoms with Crippen molar-refractivity contribution in [3.05, 3.63) is 11.6 Å². The summed E-state index contributed by atoms with van der Waals surface area (Å²) in [5, 5.41) is 8.95. The lowest BCUT2D eigenvalue weighted by molar-refractivity contribution is -0.0114. The molecule has 2 atom stereocenters. The molecule has 1 nitrogen and oxygen atoms in total. The molecule has 14 heavy (non-hydrogen) atoms. The van der Waals surface area contributed by atoms with Gasteiger partial charge in [-0.3, -0.25) is 0 Å². The van der Waals surface area contributed by atoms with Gasteiger partial charge >= 0.3 is 0 Å². The molecule has 0 saturated heterocycles. The van der Waals surface area contributed by atoms with Crippen molar-refractivity contribution in [1.29, 1.82) is 0 Å². The molecule has 0 radical (unpaired) electrons. The minimum atomic E-state index is 0.345. The molecule has 0 unspecified atom stereocenters. The van der Waals surface area contributed by atoms with Crippen molar-refractivity contribution >= 4 is 0 Å². The number of hydrogen-bond acceptors (Lipinski definition) is 1. The molecular weight excluding hydrogens is 172 g/mol. The molecule has 1 saturated carbocycles. The quantitative estimate of drug-likeness (QED) is 0.683. The summed E-state index contributed by atoms with van der Waals surface area (Å²) < 4.78 is 0. The van der Waals surface area contributed by atoms with Gasteiger partial charge < -0.3 is 5.11 Å². The van der Waals surface area contributed by atoms with Gasteiger partial charge in [-0.2, -0.15) is 0 Å². The van der Waals surface area contributed by atoms with E-state index in [2.05, 4.69) is 33.8 Å². The lowest BCUT2D eigenvalue weighted by Gasteiger charge is -2.53. The van der Waals surface area contributed by atoms with Crippen LogP contribution < -0.4 is 0 Å². The van der Waals surface area contributed by atoms with E-state index in [4.69, 9.17) is 5.11 Å². The van der Waals surface area contributed by atoms with E-state index < -0.39 is 0 Å². The Morgan fingerprint density at radius 1 is 1.50 bits per heavy atom. The Morgan fingerprint density at radius 3 is 2.57 bits per heavy atom. The van der Waals surface area contributed by atoms with Gasteiger partial charge in [-0.1, -0.05) is 32.4 Å². The van der Waals surface area contributed by atoms with Gasteiger partial charge in [0.05, 0.1) is 0 Å². The molecule has 0 amide bonds. The molecular formula is C13H24O. The Morgan fingerprint density at radius 2 is 2.14 bits per heavy atom. The lowest BCUT2D eigenvalue weighted by Crippen LogP contribution is -2.45. The number of hydrogen-bond donors (Lipinski definition) is 1. The van der Waals surface area contributed by atoms with Gasteiger partial charge in [-0.25, -0.2) is 0 Å². The highest BCUT2D eigenvalue weighted by Crippen LogP contribution is 2.55. The van der Waals surface area contributed by atoms with Crippen LogP contribution in [0.1, 0.15) is 47.0 Å². The molecule has 82 valence electrons. The maximum atomic E-state index is 8.95. The van der Waals surface area contributed by atoms with E-state index in [0.29, 0.717) is 12.0 Å². The van der Waals surface area contributed by atoms with Crippen molar-refractivity contribution in [1.82, 2.24) is 0 Å². The second kappa shape index (κ2) is 4.48. The molecule has 0 heterocycles. The fourth-order valence-corrected chi connectivity index (χ4v) is 2.90. The van der Waals surface area contributed by atoms with Crippen molar-refractivity contribution in [2.45, 2.75) is 47.0 Å². The second-order valence-corrected chi connectivity index (χ2v) is 5.18. The molecule has 0 aliphatic heterocycles. The fraction of sp³-hybridized carbons (Fsp3) is 0.846. The van der Waals surface area contributed by atoms with E-state index in [9.17, 15) is 0 Å². The van der Waals surface area contributed by atoms with Crippen LogP contribution in [0, 0.1) is 17.3 Å². The minimum absolute atomic E-state index is 0.345. The van der Waals surface area contributed by atoms with E-state index in [0.717, 1.165) is 24.7 Å². The smallest absolute Gasteiger partial charge is 0.0433 e. The molecule has 0 aromatic heterocycles. The maximum absolute atomic E-state index is 8.95. The first-order valence-corrected chi connectivity index (χ1v) is 5.81. The van der Waals surface area contributed by atoms with Crippen LogP contribution in [-0.2, 0) is 0 Å². The summed E-state index contributed by atoms with van der Waals surface area (Å²) in [6.07, 6.45) is 5.74. The summed E-state index contributed by atoms with van der Waals surface area (Å²) in [7, 11) is 0. The highest BCUT2D eigenvalue weighted by atomic mass is 16.3. The molecule has 1 aliphatic carbocycles. The van der Waals surface area contributed by atoms with Crippen LogP contribution in [-0.4, -0.2) is 11.7 Å². The molecule has 1 N–H and O–H groups in total. The van der Waals surface area contributed by atoms with Crippen LogP contribution >= 0.6 is 0 Å². The van der Waals surface area contributed by atoms with E-state index in [1.165, 1.54) is 6.42 Å². The summed E-state index contributed by atoms with van der Waals surface area (Å²) in [6, 6.07) is 0. The molecule has 1 fully saturated rings.